The second-order valence-electron chi connectivity index (χ2n) is 8.03. The Morgan fingerprint density at radius 3 is 2.53 bits per heavy atom. The Labute approximate surface area is 195 Å². The van der Waals surface area contributed by atoms with E-state index in [1.165, 1.54) is 0 Å². The van der Waals surface area contributed by atoms with Crippen molar-refractivity contribution in [2.45, 2.75) is 27.2 Å². The number of benzene rings is 2. The van der Waals surface area contributed by atoms with E-state index in [4.69, 9.17) is 0 Å². The van der Waals surface area contributed by atoms with E-state index in [0.29, 0.717) is 12.0 Å². The molecule has 34 heavy (non-hydrogen) atoms. The zero-order valence-corrected chi connectivity index (χ0v) is 19.6. The first-order valence-electron chi connectivity index (χ1n) is 10.6. The lowest BCUT2D eigenvalue weighted by molar-refractivity contribution is 0.102. The van der Waals surface area contributed by atoms with Gasteiger partial charge < -0.3 is 0 Å². The molecular weight excluding hydrogens is 462 g/mol. The molecule has 0 aliphatic heterocycles. The van der Waals surface area contributed by atoms with Crippen LogP contribution in [0.4, 0.5) is 14.5 Å². The molecule has 2 heterocycles. The molecule has 176 valence electrons. The molecule has 0 aliphatic carbocycles. The highest BCUT2D eigenvalue weighted by Gasteiger charge is 2.26. The number of halogens is 2. The van der Waals surface area contributed by atoms with Gasteiger partial charge in [0, 0.05) is 11.8 Å². The Morgan fingerprint density at radius 1 is 1.06 bits per heavy atom. The summed E-state index contributed by atoms with van der Waals surface area (Å²) < 4.78 is 55.9. The number of aromatic amines is 1. The third kappa shape index (κ3) is 4.41. The number of sulfonamides is 1. The maximum Gasteiger partial charge on any atom is 0.232 e. The third-order valence-corrected chi connectivity index (χ3v) is 7.01. The number of aryl methyl sites for hydroxylation is 2. The number of fused-ring (bicyclic) bond motifs is 1. The number of ketones is 1. The van der Waals surface area contributed by atoms with Gasteiger partial charge in [0.15, 0.2) is 11.5 Å². The van der Waals surface area contributed by atoms with E-state index in [1.54, 1.807) is 19.2 Å². The molecule has 0 aliphatic rings. The van der Waals surface area contributed by atoms with Crippen LogP contribution in [0.5, 0.6) is 0 Å². The Balaban J connectivity index is 1.79. The molecule has 4 aromatic rings. The minimum atomic E-state index is -3.85. The quantitative estimate of drug-likeness (QED) is 0.363. The van der Waals surface area contributed by atoms with Crippen LogP contribution in [0.15, 0.2) is 42.6 Å². The summed E-state index contributed by atoms with van der Waals surface area (Å²) in [6, 6.07) is 9.32. The summed E-state index contributed by atoms with van der Waals surface area (Å²) in [5.74, 6) is -3.67. The minimum Gasteiger partial charge on any atom is -0.287 e. The Bertz CT molecular complexity index is 1530. The molecule has 0 saturated heterocycles. The number of hydrogen-bond donors (Lipinski definition) is 2. The van der Waals surface area contributed by atoms with Crippen LogP contribution in [0.1, 0.15) is 40.5 Å². The summed E-state index contributed by atoms with van der Waals surface area (Å²) in [6.07, 6.45) is 1.91. The number of H-pyrrole nitrogens is 1. The Hall–Kier alpha value is -3.66. The first-order valence-corrected chi connectivity index (χ1v) is 12.2. The van der Waals surface area contributed by atoms with E-state index >= 15 is 4.39 Å². The van der Waals surface area contributed by atoms with Gasteiger partial charge in [0.2, 0.25) is 15.8 Å². The van der Waals surface area contributed by atoms with Gasteiger partial charge >= 0.3 is 0 Å². The fraction of sp³-hybridized carbons (Fsp3) is 0.208. The second kappa shape index (κ2) is 8.94. The SMILES string of the molecule is CCCS(=O)(=O)Nc1ccc(F)c(C(=O)c2[nH]nc3ncc(-c4ccc(C)c(C)c4)cc23)c1F. The van der Waals surface area contributed by atoms with E-state index in [2.05, 4.69) is 19.9 Å². The minimum absolute atomic E-state index is 0.153. The van der Waals surface area contributed by atoms with E-state index in [-0.39, 0.29) is 22.5 Å². The number of nitrogens with one attached hydrogen (secondary N) is 2. The number of rotatable bonds is 7. The zero-order chi connectivity index (χ0) is 24.6. The molecule has 2 N–H and O–H groups in total. The second-order valence-corrected chi connectivity index (χ2v) is 9.87. The topological polar surface area (TPSA) is 105 Å². The predicted molar refractivity (Wildman–Crippen MR) is 126 cm³/mol. The summed E-state index contributed by atoms with van der Waals surface area (Å²) in [5, 5.41) is 6.79. The molecule has 7 nitrogen and oxygen atoms in total. The van der Waals surface area contributed by atoms with Gasteiger partial charge in [-0.2, -0.15) is 5.10 Å². The van der Waals surface area contributed by atoms with Crippen molar-refractivity contribution in [3.63, 3.8) is 0 Å². The Kier molecular flexibility index (Phi) is 6.18. The number of aromatic nitrogens is 3. The largest absolute Gasteiger partial charge is 0.287 e. The Morgan fingerprint density at radius 2 is 1.82 bits per heavy atom. The third-order valence-electron chi connectivity index (χ3n) is 5.53. The van der Waals surface area contributed by atoms with Crippen LogP contribution < -0.4 is 4.72 Å². The molecule has 0 saturated carbocycles. The van der Waals surface area contributed by atoms with Crippen molar-refractivity contribution in [1.82, 2.24) is 15.2 Å². The van der Waals surface area contributed by atoms with Crippen molar-refractivity contribution in [2.24, 2.45) is 0 Å². The van der Waals surface area contributed by atoms with Gasteiger partial charge in [0.05, 0.1) is 22.4 Å². The standard InChI is InChI=1S/C24H22F2N4O3S/c1-4-9-34(32,33)30-19-8-7-18(25)20(21(19)26)23(31)22-17-11-16(12-27-24(17)29-28-22)15-6-5-13(2)14(3)10-15/h5-8,10-12,30H,4,9H2,1-3H3,(H,27,28,29). The lowest BCUT2D eigenvalue weighted by Gasteiger charge is -2.11. The molecule has 0 amide bonds. The summed E-state index contributed by atoms with van der Waals surface area (Å²) in [6.45, 7) is 5.62. The monoisotopic (exact) mass is 484 g/mol. The van der Waals surface area contributed by atoms with Crippen LogP contribution in [-0.4, -0.2) is 35.1 Å². The molecule has 0 bridgehead atoms. The molecule has 2 aromatic heterocycles. The van der Waals surface area contributed by atoms with Crippen LogP contribution in [0.2, 0.25) is 0 Å². The molecule has 0 fully saturated rings. The van der Waals surface area contributed by atoms with Crippen LogP contribution >= 0.6 is 0 Å². The van der Waals surface area contributed by atoms with E-state index in [1.807, 2.05) is 32.0 Å². The van der Waals surface area contributed by atoms with Gasteiger partial charge in [-0.1, -0.05) is 25.1 Å². The van der Waals surface area contributed by atoms with Gasteiger partial charge in [-0.3, -0.25) is 14.6 Å². The number of pyridine rings is 1. The van der Waals surface area contributed by atoms with Gasteiger partial charge in [0.25, 0.3) is 0 Å². The predicted octanol–water partition coefficient (Wildman–Crippen LogP) is 4.90. The lowest BCUT2D eigenvalue weighted by Crippen LogP contribution is -2.18. The maximum absolute atomic E-state index is 15.1. The molecule has 2 aromatic carbocycles. The highest BCUT2D eigenvalue weighted by Crippen LogP contribution is 2.29. The van der Waals surface area contributed by atoms with E-state index < -0.39 is 38.7 Å². The van der Waals surface area contributed by atoms with Crippen molar-refractivity contribution >= 4 is 32.5 Å². The van der Waals surface area contributed by atoms with Gasteiger partial charge in [-0.05, 0) is 55.2 Å². The highest BCUT2D eigenvalue weighted by molar-refractivity contribution is 7.92. The van der Waals surface area contributed by atoms with Crippen molar-refractivity contribution < 1.29 is 22.0 Å². The highest BCUT2D eigenvalue weighted by atomic mass is 32.2. The van der Waals surface area contributed by atoms with Crippen molar-refractivity contribution in [3.05, 3.63) is 76.6 Å². The molecule has 0 spiro atoms. The summed E-state index contributed by atoms with van der Waals surface area (Å²) in [5.41, 5.74) is 2.42. The molecule has 0 radical (unpaired) electrons. The van der Waals surface area contributed by atoms with Gasteiger partial charge in [-0.25, -0.2) is 22.2 Å². The van der Waals surface area contributed by atoms with Gasteiger partial charge in [-0.15, -0.1) is 0 Å². The van der Waals surface area contributed by atoms with Gasteiger partial charge in [0.1, 0.15) is 11.5 Å². The number of nitrogens with zero attached hydrogens (tertiary/aromatic N) is 2. The lowest BCUT2D eigenvalue weighted by atomic mass is 9.99. The normalized spacial score (nSPS) is 11.7. The first-order chi connectivity index (χ1) is 16.1. The average molecular weight is 485 g/mol. The number of carbonyl (C=O) groups is 1. The fourth-order valence-corrected chi connectivity index (χ4v) is 4.74. The summed E-state index contributed by atoms with van der Waals surface area (Å²) in [7, 11) is -3.85. The smallest absolute Gasteiger partial charge is 0.232 e. The zero-order valence-electron chi connectivity index (χ0n) is 18.7. The first kappa shape index (κ1) is 23.5. The van der Waals surface area contributed by atoms with E-state index in [0.717, 1.165) is 28.8 Å². The van der Waals surface area contributed by atoms with Crippen LogP contribution in [0.25, 0.3) is 22.2 Å². The number of anilines is 1. The van der Waals surface area contributed by atoms with Crippen molar-refractivity contribution in [3.8, 4) is 11.1 Å². The number of hydrogen-bond acceptors (Lipinski definition) is 5. The average Bonchev–Trinajstić information content (AvgIpc) is 3.21. The molecule has 0 atom stereocenters. The van der Waals surface area contributed by atoms with E-state index in [9.17, 15) is 17.6 Å². The maximum atomic E-state index is 15.1. The van der Waals surface area contributed by atoms with Crippen LogP contribution in [0, 0.1) is 25.5 Å². The fourth-order valence-electron chi connectivity index (χ4n) is 3.60. The molecule has 0 unspecified atom stereocenters. The molecule has 10 heteroatoms. The van der Waals surface area contributed by atoms with Crippen LogP contribution in [0.3, 0.4) is 0 Å². The summed E-state index contributed by atoms with van der Waals surface area (Å²) in [4.78, 5) is 17.5. The van der Waals surface area contributed by atoms with Crippen LogP contribution in [-0.2, 0) is 10.0 Å². The number of carbonyl (C=O) groups excluding carboxylic acids is 1. The molecular formula is C24H22F2N4O3S. The van der Waals surface area contributed by atoms with Crippen molar-refractivity contribution in [2.75, 3.05) is 10.5 Å². The van der Waals surface area contributed by atoms with Crippen molar-refractivity contribution in [1.29, 1.82) is 0 Å². The molecule has 4 rings (SSSR count). The summed E-state index contributed by atoms with van der Waals surface area (Å²) >= 11 is 0.